The van der Waals surface area contributed by atoms with E-state index in [1.54, 1.807) is 7.11 Å². The van der Waals surface area contributed by atoms with E-state index in [2.05, 4.69) is 36.4 Å². The van der Waals surface area contributed by atoms with Crippen molar-refractivity contribution in [2.45, 2.75) is 38.0 Å². The van der Waals surface area contributed by atoms with Crippen LogP contribution in [0.25, 0.3) is 0 Å². The van der Waals surface area contributed by atoms with Crippen LogP contribution in [0.15, 0.2) is 48.5 Å². The first kappa shape index (κ1) is 17.8. The number of aliphatic hydroxyl groups excluding tert-OH is 1. The fourth-order valence-corrected chi connectivity index (χ4v) is 3.67. The molecule has 0 aromatic heterocycles. The van der Waals surface area contributed by atoms with Crippen LogP contribution in [0.4, 0.5) is 0 Å². The fourth-order valence-electron chi connectivity index (χ4n) is 3.67. The Labute approximate surface area is 150 Å². The summed E-state index contributed by atoms with van der Waals surface area (Å²) < 4.78 is 11.1. The summed E-state index contributed by atoms with van der Waals surface area (Å²) in [6.45, 7) is 1.04. The molecule has 2 atom stereocenters. The molecule has 0 radical (unpaired) electrons. The smallest absolute Gasteiger partial charge is 0.119 e. The molecule has 1 saturated carbocycles. The number of methoxy groups -OCH3 is 1. The zero-order chi connectivity index (χ0) is 17.5. The Morgan fingerprint density at radius 2 is 1.88 bits per heavy atom. The Hall–Kier alpha value is -2.00. The van der Waals surface area contributed by atoms with Crippen molar-refractivity contribution in [3.63, 3.8) is 0 Å². The molecule has 0 bridgehead atoms. The van der Waals surface area contributed by atoms with E-state index < -0.39 is 0 Å². The van der Waals surface area contributed by atoms with E-state index in [4.69, 9.17) is 9.47 Å². The monoisotopic (exact) mass is 340 g/mol. The van der Waals surface area contributed by atoms with Crippen LogP contribution in [0, 0.1) is 5.92 Å². The summed E-state index contributed by atoms with van der Waals surface area (Å²) in [5.41, 5.74) is 2.65. The fraction of sp³-hybridized carbons (Fsp3) is 0.455. The van der Waals surface area contributed by atoms with Gasteiger partial charge in [0.25, 0.3) is 0 Å². The Balaban J connectivity index is 1.43. The van der Waals surface area contributed by atoms with Crippen molar-refractivity contribution < 1.29 is 14.6 Å². The Morgan fingerprint density at radius 1 is 1.04 bits per heavy atom. The molecule has 2 aromatic carbocycles. The zero-order valence-electron chi connectivity index (χ0n) is 15.0. The first-order chi connectivity index (χ1) is 12.3. The number of aryl methyl sites for hydroxylation is 1. The summed E-state index contributed by atoms with van der Waals surface area (Å²) >= 11 is 0. The molecular formula is C22H28O3. The first-order valence-electron chi connectivity index (χ1n) is 9.25. The summed E-state index contributed by atoms with van der Waals surface area (Å²) in [6.07, 6.45) is 5.41. The van der Waals surface area contributed by atoms with Crippen LogP contribution in [0.5, 0.6) is 11.5 Å². The molecular weight excluding hydrogens is 312 g/mol. The lowest BCUT2D eigenvalue weighted by atomic mass is 9.96. The van der Waals surface area contributed by atoms with Gasteiger partial charge in [0.2, 0.25) is 0 Å². The van der Waals surface area contributed by atoms with E-state index in [1.807, 2.05) is 12.1 Å². The minimum absolute atomic E-state index is 0.324. The Morgan fingerprint density at radius 3 is 2.60 bits per heavy atom. The van der Waals surface area contributed by atoms with Crippen molar-refractivity contribution in [2.75, 3.05) is 20.3 Å². The largest absolute Gasteiger partial charge is 0.497 e. The number of rotatable bonds is 8. The summed E-state index contributed by atoms with van der Waals surface area (Å²) in [4.78, 5) is 0. The number of ether oxygens (including phenoxy) is 2. The van der Waals surface area contributed by atoms with Gasteiger partial charge in [0.15, 0.2) is 0 Å². The second-order valence-electron chi connectivity index (χ2n) is 6.93. The van der Waals surface area contributed by atoms with E-state index in [1.165, 1.54) is 17.5 Å². The van der Waals surface area contributed by atoms with Crippen molar-refractivity contribution in [1.29, 1.82) is 0 Å². The third-order valence-corrected chi connectivity index (χ3v) is 5.16. The molecule has 0 amide bonds. The van der Waals surface area contributed by atoms with E-state index >= 15 is 0 Å². The van der Waals surface area contributed by atoms with Crippen molar-refractivity contribution in [3.8, 4) is 11.5 Å². The Kier molecular flexibility index (Phi) is 6.35. The highest BCUT2D eigenvalue weighted by molar-refractivity contribution is 5.30. The van der Waals surface area contributed by atoms with E-state index in [0.717, 1.165) is 37.2 Å². The number of benzene rings is 2. The summed E-state index contributed by atoms with van der Waals surface area (Å²) in [7, 11) is 1.70. The van der Waals surface area contributed by atoms with Crippen molar-refractivity contribution in [1.82, 2.24) is 0 Å². The van der Waals surface area contributed by atoms with Gasteiger partial charge < -0.3 is 14.6 Å². The molecule has 25 heavy (non-hydrogen) atoms. The summed E-state index contributed by atoms with van der Waals surface area (Å²) in [5.74, 6) is 2.92. The molecule has 1 unspecified atom stereocenters. The van der Waals surface area contributed by atoms with Crippen LogP contribution >= 0.6 is 0 Å². The topological polar surface area (TPSA) is 38.7 Å². The van der Waals surface area contributed by atoms with Crippen LogP contribution < -0.4 is 9.47 Å². The lowest BCUT2D eigenvalue weighted by Crippen LogP contribution is -2.01. The highest BCUT2D eigenvalue weighted by Gasteiger charge is 2.25. The zero-order valence-corrected chi connectivity index (χ0v) is 15.0. The molecule has 1 fully saturated rings. The van der Waals surface area contributed by atoms with Gasteiger partial charge in [0.05, 0.1) is 13.7 Å². The predicted molar refractivity (Wildman–Crippen MR) is 100 cm³/mol. The van der Waals surface area contributed by atoms with Gasteiger partial charge in [0, 0.05) is 6.61 Å². The molecule has 0 heterocycles. The molecule has 1 N–H and O–H groups in total. The maximum atomic E-state index is 9.28. The minimum Gasteiger partial charge on any atom is -0.497 e. The first-order valence-corrected chi connectivity index (χ1v) is 9.25. The summed E-state index contributed by atoms with van der Waals surface area (Å²) in [5, 5.41) is 9.28. The lowest BCUT2D eigenvalue weighted by Gasteiger charge is -2.12. The van der Waals surface area contributed by atoms with Gasteiger partial charge in [-0.2, -0.15) is 0 Å². The molecule has 2 aromatic rings. The normalized spacial score (nSPS) is 19.8. The lowest BCUT2D eigenvalue weighted by molar-refractivity contribution is 0.229. The predicted octanol–water partition coefficient (Wildman–Crippen LogP) is 4.58. The van der Waals surface area contributed by atoms with Gasteiger partial charge >= 0.3 is 0 Å². The van der Waals surface area contributed by atoms with Crippen LogP contribution in [-0.2, 0) is 6.42 Å². The van der Waals surface area contributed by atoms with Gasteiger partial charge in [0.1, 0.15) is 11.5 Å². The average Bonchev–Trinajstić information content (AvgIpc) is 3.15. The van der Waals surface area contributed by atoms with Crippen LogP contribution in [0.2, 0.25) is 0 Å². The number of aliphatic hydroxyl groups is 1. The van der Waals surface area contributed by atoms with Crippen LogP contribution in [0.3, 0.4) is 0 Å². The van der Waals surface area contributed by atoms with Crippen molar-refractivity contribution >= 4 is 0 Å². The quantitative estimate of drug-likeness (QED) is 0.715. The van der Waals surface area contributed by atoms with E-state index in [9.17, 15) is 5.11 Å². The SMILES string of the molecule is COc1cccc(CCCOc2ccc(C3CC[C@H](CO)C3)cc2)c1. The van der Waals surface area contributed by atoms with E-state index in [-0.39, 0.29) is 0 Å². The van der Waals surface area contributed by atoms with Crippen LogP contribution in [0.1, 0.15) is 42.7 Å². The summed E-state index contributed by atoms with van der Waals surface area (Å²) in [6, 6.07) is 16.7. The number of hydrogen-bond acceptors (Lipinski definition) is 3. The second-order valence-corrected chi connectivity index (χ2v) is 6.93. The molecule has 134 valence electrons. The highest BCUT2D eigenvalue weighted by atomic mass is 16.5. The molecule has 0 saturated heterocycles. The van der Waals surface area contributed by atoms with Gasteiger partial charge in [-0.1, -0.05) is 24.3 Å². The van der Waals surface area contributed by atoms with Gasteiger partial charge in [-0.05, 0) is 79.3 Å². The molecule has 0 spiro atoms. The second kappa shape index (κ2) is 8.91. The average molecular weight is 340 g/mol. The Bertz CT molecular complexity index is 651. The number of hydrogen-bond donors (Lipinski definition) is 1. The van der Waals surface area contributed by atoms with Gasteiger partial charge in [-0.3, -0.25) is 0 Å². The third-order valence-electron chi connectivity index (χ3n) is 5.16. The molecule has 1 aliphatic rings. The molecule has 3 rings (SSSR count). The maximum Gasteiger partial charge on any atom is 0.119 e. The third kappa shape index (κ3) is 4.99. The molecule has 3 nitrogen and oxygen atoms in total. The standard InChI is InChI=1S/C22H28O3/c1-24-22-6-2-4-17(15-22)5-3-13-25-21-11-9-19(10-12-21)20-8-7-18(14-20)16-23/h2,4,6,9-12,15,18,20,23H,3,5,7-8,13-14,16H2,1H3/t18-,20?/m0/s1. The highest BCUT2D eigenvalue weighted by Crippen LogP contribution is 2.38. The van der Waals surface area contributed by atoms with Gasteiger partial charge in [-0.15, -0.1) is 0 Å². The minimum atomic E-state index is 0.324. The molecule has 3 heteroatoms. The van der Waals surface area contributed by atoms with Crippen molar-refractivity contribution in [2.24, 2.45) is 5.92 Å². The molecule has 0 aliphatic heterocycles. The maximum absolute atomic E-state index is 9.28. The van der Waals surface area contributed by atoms with Crippen LogP contribution in [-0.4, -0.2) is 25.4 Å². The van der Waals surface area contributed by atoms with Crippen molar-refractivity contribution in [3.05, 3.63) is 59.7 Å². The molecule has 1 aliphatic carbocycles. The van der Waals surface area contributed by atoms with Gasteiger partial charge in [-0.25, -0.2) is 0 Å². The van der Waals surface area contributed by atoms with E-state index in [0.29, 0.717) is 25.0 Å².